The van der Waals surface area contributed by atoms with Crippen LogP contribution < -0.4 is 9.46 Å². The minimum Gasteiger partial charge on any atom is -0.492 e. The molecule has 1 aromatic heterocycles. The fourth-order valence-corrected chi connectivity index (χ4v) is 3.09. The summed E-state index contributed by atoms with van der Waals surface area (Å²) in [5.74, 6) is 0.388. The summed E-state index contributed by atoms with van der Waals surface area (Å²) in [4.78, 5) is 3.88. The van der Waals surface area contributed by atoms with E-state index in [9.17, 15) is 8.42 Å². The largest absolute Gasteiger partial charge is 0.492 e. The second-order valence-electron chi connectivity index (χ2n) is 6.20. The highest BCUT2D eigenvalue weighted by Crippen LogP contribution is 2.31. The highest BCUT2D eigenvalue weighted by atomic mass is 32.2. The lowest BCUT2D eigenvalue weighted by atomic mass is 9.87. The standard InChI is InChI=1S/C15H22N4O3S/c1-5-8-22-12-7-6-11(15(2,3)4)9-13(12)23(20,21)19-14-16-10-17-18-14/h6-7,9-10H,5,8H2,1-4H3,(H2,16,17,18,19). The molecule has 0 bridgehead atoms. The van der Waals surface area contributed by atoms with E-state index in [1.165, 1.54) is 6.33 Å². The van der Waals surface area contributed by atoms with Gasteiger partial charge in [-0.3, -0.25) is 0 Å². The molecule has 0 spiro atoms. The van der Waals surface area contributed by atoms with Crippen LogP contribution in [0.4, 0.5) is 5.95 Å². The van der Waals surface area contributed by atoms with E-state index >= 15 is 0 Å². The zero-order valence-electron chi connectivity index (χ0n) is 13.8. The molecule has 0 amide bonds. The van der Waals surface area contributed by atoms with Crippen LogP contribution in [0.1, 0.15) is 39.7 Å². The molecule has 2 aromatic rings. The molecule has 0 unspecified atom stereocenters. The number of aromatic nitrogens is 3. The van der Waals surface area contributed by atoms with Crippen molar-refractivity contribution in [1.29, 1.82) is 0 Å². The monoisotopic (exact) mass is 338 g/mol. The molecule has 0 radical (unpaired) electrons. The summed E-state index contributed by atoms with van der Waals surface area (Å²) in [7, 11) is -3.84. The van der Waals surface area contributed by atoms with E-state index in [2.05, 4.69) is 19.9 Å². The van der Waals surface area contributed by atoms with Crippen LogP contribution in [0.25, 0.3) is 0 Å². The van der Waals surface area contributed by atoms with Gasteiger partial charge in [0, 0.05) is 0 Å². The predicted molar refractivity (Wildman–Crippen MR) is 88.1 cm³/mol. The molecule has 23 heavy (non-hydrogen) atoms. The van der Waals surface area contributed by atoms with Gasteiger partial charge in [-0.05, 0) is 29.5 Å². The molecule has 0 atom stereocenters. The number of sulfonamides is 1. The van der Waals surface area contributed by atoms with E-state index < -0.39 is 10.0 Å². The first-order chi connectivity index (χ1) is 10.7. The van der Waals surface area contributed by atoms with Gasteiger partial charge in [-0.25, -0.2) is 18.2 Å². The zero-order valence-corrected chi connectivity index (χ0v) is 14.6. The van der Waals surface area contributed by atoms with Gasteiger partial charge >= 0.3 is 0 Å². The first kappa shape index (κ1) is 17.3. The Balaban J connectivity index is 2.47. The Labute approximate surface area is 136 Å². The first-order valence-electron chi connectivity index (χ1n) is 7.39. The van der Waals surface area contributed by atoms with Crippen molar-refractivity contribution in [3.63, 3.8) is 0 Å². The van der Waals surface area contributed by atoms with Gasteiger partial charge in [0.15, 0.2) is 0 Å². The lowest BCUT2D eigenvalue weighted by Gasteiger charge is -2.21. The zero-order chi connectivity index (χ0) is 17.1. The number of rotatable bonds is 6. The fraction of sp³-hybridized carbons (Fsp3) is 0.467. The Morgan fingerprint density at radius 1 is 1.30 bits per heavy atom. The van der Waals surface area contributed by atoms with E-state index in [0.717, 1.165) is 12.0 Å². The lowest BCUT2D eigenvalue weighted by molar-refractivity contribution is 0.309. The average Bonchev–Trinajstić information content (AvgIpc) is 2.96. The maximum Gasteiger partial charge on any atom is 0.267 e. The summed E-state index contributed by atoms with van der Waals surface area (Å²) in [6.45, 7) is 8.48. The first-order valence-corrected chi connectivity index (χ1v) is 8.88. The normalized spacial score (nSPS) is 12.2. The molecule has 0 aliphatic rings. The second kappa shape index (κ2) is 6.57. The topological polar surface area (TPSA) is 97.0 Å². The molecule has 1 heterocycles. The summed E-state index contributed by atoms with van der Waals surface area (Å²) < 4.78 is 33.3. The Morgan fingerprint density at radius 3 is 2.61 bits per heavy atom. The number of nitrogens with one attached hydrogen (secondary N) is 2. The molecule has 0 saturated heterocycles. The Morgan fingerprint density at radius 2 is 2.04 bits per heavy atom. The average molecular weight is 338 g/mol. The van der Waals surface area contributed by atoms with Gasteiger partial charge < -0.3 is 4.74 Å². The SMILES string of the molecule is CCCOc1ccc(C(C)(C)C)cc1S(=O)(=O)Nc1ncn[nH]1. The Bertz CT molecular complexity index is 750. The molecule has 0 aliphatic carbocycles. The summed E-state index contributed by atoms with van der Waals surface area (Å²) >= 11 is 0. The third-order valence-corrected chi connectivity index (χ3v) is 4.57. The lowest BCUT2D eigenvalue weighted by Crippen LogP contribution is -2.18. The number of ether oxygens (including phenoxy) is 1. The van der Waals surface area contributed by atoms with Crippen molar-refractivity contribution in [1.82, 2.24) is 15.2 Å². The van der Waals surface area contributed by atoms with Crippen LogP contribution in [0.3, 0.4) is 0 Å². The smallest absolute Gasteiger partial charge is 0.267 e. The molecule has 126 valence electrons. The van der Waals surface area contributed by atoms with Crippen molar-refractivity contribution in [3.05, 3.63) is 30.1 Å². The molecule has 2 N–H and O–H groups in total. The van der Waals surface area contributed by atoms with Crippen LogP contribution in [-0.2, 0) is 15.4 Å². The fourth-order valence-electron chi connectivity index (χ4n) is 1.95. The molecule has 0 aliphatic heterocycles. The number of H-pyrrole nitrogens is 1. The van der Waals surface area contributed by atoms with Crippen LogP contribution in [-0.4, -0.2) is 30.2 Å². The van der Waals surface area contributed by atoms with Gasteiger partial charge in [-0.15, -0.1) is 0 Å². The molecule has 0 saturated carbocycles. The quantitative estimate of drug-likeness (QED) is 0.844. The van der Waals surface area contributed by atoms with Crippen molar-refractivity contribution in [2.75, 3.05) is 11.3 Å². The highest BCUT2D eigenvalue weighted by Gasteiger charge is 2.24. The third-order valence-electron chi connectivity index (χ3n) is 3.21. The predicted octanol–water partition coefficient (Wildman–Crippen LogP) is 2.69. The molecular formula is C15H22N4O3S. The Kier molecular flexibility index (Phi) is 4.93. The van der Waals surface area contributed by atoms with Crippen LogP contribution in [0, 0.1) is 0 Å². The van der Waals surface area contributed by atoms with E-state index in [1.807, 2.05) is 33.8 Å². The van der Waals surface area contributed by atoms with E-state index in [-0.39, 0.29) is 16.3 Å². The summed E-state index contributed by atoms with van der Waals surface area (Å²) in [6.07, 6.45) is 2.02. The van der Waals surface area contributed by atoms with Crippen LogP contribution >= 0.6 is 0 Å². The minimum atomic E-state index is -3.84. The number of anilines is 1. The summed E-state index contributed by atoms with van der Waals surface area (Å²) in [5.41, 5.74) is 0.721. The van der Waals surface area contributed by atoms with Crippen LogP contribution in [0.5, 0.6) is 5.75 Å². The van der Waals surface area contributed by atoms with E-state index in [0.29, 0.717) is 12.4 Å². The maximum absolute atomic E-state index is 12.7. The van der Waals surface area contributed by atoms with Gasteiger partial charge in [0.05, 0.1) is 6.61 Å². The van der Waals surface area contributed by atoms with Gasteiger partial charge in [-0.2, -0.15) is 10.1 Å². The van der Waals surface area contributed by atoms with Gasteiger partial charge in [0.25, 0.3) is 10.0 Å². The van der Waals surface area contributed by atoms with Crippen LogP contribution in [0.2, 0.25) is 0 Å². The van der Waals surface area contributed by atoms with E-state index in [1.54, 1.807) is 12.1 Å². The third kappa shape index (κ3) is 4.22. The molecule has 2 rings (SSSR count). The highest BCUT2D eigenvalue weighted by molar-refractivity contribution is 7.92. The van der Waals surface area contributed by atoms with Crippen molar-refractivity contribution in [2.24, 2.45) is 0 Å². The summed E-state index contributed by atoms with van der Waals surface area (Å²) in [5, 5.41) is 6.11. The van der Waals surface area contributed by atoms with Crippen molar-refractivity contribution >= 4 is 16.0 Å². The Hall–Kier alpha value is -2.09. The number of aromatic amines is 1. The van der Waals surface area contributed by atoms with Crippen molar-refractivity contribution < 1.29 is 13.2 Å². The molecule has 8 heteroatoms. The number of hydrogen-bond donors (Lipinski definition) is 2. The van der Waals surface area contributed by atoms with Crippen LogP contribution in [0.15, 0.2) is 29.4 Å². The molecule has 0 fully saturated rings. The maximum atomic E-state index is 12.7. The van der Waals surface area contributed by atoms with Gasteiger partial charge in [0.2, 0.25) is 5.95 Å². The second-order valence-corrected chi connectivity index (χ2v) is 7.85. The number of benzene rings is 1. The molecule has 1 aromatic carbocycles. The summed E-state index contributed by atoms with van der Waals surface area (Å²) in [6, 6.07) is 5.23. The molecule has 7 nitrogen and oxygen atoms in total. The number of hydrogen-bond acceptors (Lipinski definition) is 5. The number of nitrogens with zero attached hydrogens (tertiary/aromatic N) is 2. The van der Waals surface area contributed by atoms with E-state index in [4.69, 9.17) is 4.74 Å². The molecular weight excluding hydrogens is 316 g/mol. The van der Waals surface area contributed by atoms with Crippen molar-refractivity contribution in [2.45, 2.75) is 44.4 Å². The van der Waals surface area contributed by atoms with Gasteiger partial charge in [-0.1, -0.05) is 33.8 Å². The van der Waals surface area contributed by atoms with Crippen molar-refractivity contribution in [3.8, 4) is 5.75 Å². The minimum absolute atomic E-state index is 0.0626. The van der Waals surface area contributed by atoms with Gasteiger partial charge in [0.1, 0.15) is 17.0 Å².